The third-order valence-electron chi connectivity index (χ3n) is 0.657. The number of halogens is 1. The monoisotopic (exact) mass is 173 g/mol. The second kappa shape index (κ2) is 2.67. The predicted octanol–water partition coefficient (Wildman–Crippen LogP) is 2.04. The molecule has 1 aromatic rings. The van der Waals surface area contributed by atoms with Crippen LogP contribution in [-0.4, -0.2) is 4.98 Å². The fourth-order valence-corrected chi connectivity index (χ4v) is 0.597. The minimum atomic E-state index is 0.613. The van der Waals surface area contributed by atoms with Crippen LogP contribution in [-0.2, 0) is 0 Å². The zero-order valence-corrected chi connectivity index (χ0v) is 5.63. The summed E-state index contributed by atoms with van der Waals surface area (Å²) in [6.45, 7) is 0. The summed E-state index contributed by atoms with van der Waals surface area (Å²) in [6, 6.07) is 0. The smallest absolute Gasteiger partial charge is 0.218 e. The summed E-state index contributed by atoms with van der Waals surface area (Å²) in [5.74, 6) is 0.613. The highest BCUT2D eigenvalue weighted by Gasteiger charge is 1.84. The van der Waals surface area contributed by atoms with Crippen LogP contribution in [0.3, 0.4) is 0 Å². The number of hydrogen-bond acceptors (Lipinski definition) is 2. The normalized spacial score (nSPS) is 10.6. The molecule has 0 bridgehead atoms. The van der Waals surface area contributed by atoms with Crippen molar-refractivity contribution in [2.45, 2.75) is 0 Å². The SMILES string of the molecule is BrC=Cc1ncco1. The Hall–Kier alpha value is -0.570. The highest BCUT2D eigenvalue weighted by Crippen LogP contribution is 1.98. The van der Waals surface area contributed by atoms with Gasteiger partial charge in [-0.05, 0) is 4.99 Å². The van der Waals surface area contributed by atoms with Crippen molar-refractivity contribution in [2.75, 3.05) is 0 Å². The summed E-state index contributed by atoms with van der Waals surface area (Å²) in [5, 5.41) is 0. The van der Waals surface area contributed by atoms with Crippen molar-refractivity contribution in [3.05, 3.63) is 23.3 Å². The lowest BCUT2D eigenvalue weighted by atomic mass is 10.6. The third-order valence-corrected chi connectivity index (χ3v) is 0.921. The molecule has 0 aliphatic carbocycles. The molecule has 0 aliphatic heterocycles. The van der Waals surface area contributed by atoms with Gasteiger partial charge in [-0.2, -0.15) is 0 Å². The summed E-state index contributed by atoms with van der Waals surface area (Å²) >= 11 is 3.09. The number of rotatable bonds is 1. The van der Waals surface area contributed by atoms with E-state index in [1.165, 1.54) is 6.26 Å². The van der Waals surface area contributed by atoms with E-state index in [0.717, 1.165) is 0 Å². The number of hydrogen-bond donors (Lipinski definition) is 0. The van der Waals surface area contributed by atoms with Crippen LogP contribution in [0, 0.1) is 0 Å². The topological polar surface area (TPSA) is 26.0 Å². The van der Waals surface area contributed by atoms with Crippen molar-refractivity contribution in [3.8, 4) is 0 Å². The fraction of sp³-hybridized carbons (Fsp3) is 0. The van der Waals surface area contributed by atoms with Gasteiger partial charge in [0.1, 0.15) is 6.26 Å². The number of nitrogens with zero attached hydrogens (tertiary/aromatic N) is 1. The van der Waals surface area contributed by atoms with E-state index in [1.54, 1.807) is 17.3 Å². The van der Waals surface area contributed by atoms with Gasteiger partial charge in [0, 0.05) is 6.08 Å². The molecule has 2 nitrogen and oxygen atoms in total. The minimum Gasteiger partial charge on any atom is -0.445 e. The van der Waals surface area contributed by atoms with Gasteiger partial charge in [-0.3, -0.25) is 0 Å². The van der Waals surface area contributed by atoms with Crippen LogP contribution < -0.4 is 0 Å². The Morgan fingerprint density at radius 3 is 3.12 bits per heavy atom. The maximum atomic E-state index is 4.85. The molecule has 0 amide bonds. The average molecular weight is 174 g/mol. The zero-order chi connectivity index (χ0) is 5.82. The zero-order valence-electron chi connectivity index (χ0n) is 4.04. The summed E-state index contributed by atoms with van der Waals surface area (Å²) in [6.07, 6.45) is 4.85. The van der Waals surface area contributed by atoms with Crippen LogP contribution in [0.2, 0.25) is 0 Å². The van der Waals surface area contributed by atoms with Crippen molar-refractivity contribution in [3.63, 3.8) is 0 Å². The van der Waals surface area contributed by atoms with Gasteiger partial charge in [-0.25, -0.2) is 4.98 Å². The second-order valence-electron chi connectivity index (χ2n) is 1.16. The maximum absolute atomic E-state index is 4.85. The Labute approximate surface area is 55.4 Å². The minimum absolute atomic E-state index is 0.613. The summed E-state index contributed by atoms with van der Waals surface area (Å²) < 4.78 is 4.85. The first kappa shape index (κ1) is 5.56. The quantitative estimate of drug-likeness (QED) is 0.650. The van der Waals surface area contributed by atoms with E-state index in [0.29, 0.717) is 5.89 Å². The van der Waals surface area contributed by atoms with Crippen LogP contribution in [0.5, 0.6) is 0 Å². The van der Waals surface area contributed by atoms with Crippen molar-refractivity contribution in [1.29, 1.82) is 0 Å². The molecule has 0 saturated carbocycles. The van der Waals surface area contributed by atoms with Crippen molar-refractivity contribution in [2.24, 2.45) is 0 Å². The lowest BCUT2D eigenvalue weighted by molar-refractivity contribution is 0.546. The number of oxazole rings is 1. The van der Waals surface area contributed by atoms with E-state index in [4.69, 9.17) is 4.42 Å². The van der Waals surface area contributed by atoms with Crippen LogP contribution in [0.1, 0.15) is 5.89 Å². The van der Waals surface area contributed by atoms with Gasteiger partial charge in [0.15, 0.2) is 0 Å². The first-order chi connectivity index (χ1) is 3.93. The number of aromatic nitrogens is 1. The van der Waals surface area contributed by atoms with Crippen molar-refractivity contribution in [1.82, 2.24) is 4.98 Å². The largest absolute Gasteiger partial charge is 0.445 e. The van der Waals surface area contributed by atoms with Gasteiger partial charge in [0.05, 0.1) is 6.20 Å². The van der Waals surface area contributed by atoms with Gasteiger partial charge < -0.3 is 4.42 Å². The standard InChI is InChI=1S/C5H4BrNO/c6-2-1-5-7-3-4-8-5/h1-4H. The lowest BCUT2D eigenvalue weighted by Gasteiger charge is -1.73. The van der Waals surface area contributed by atoms with Crippen LogP contribution in [0.25, 0.3) is 6.08 Å². The van der Waals surface area contributed by atoms with Gasteiger partial charge in [0.2, 0.25) is 5.89 Å². The molecule has 0 spiro atoms. The first-order valence-electron chi connectivity index (χ1n) is 2.10. The van der Waals surface area contributed by atoms with Gasteiger partial charge >= 0.3 is 0 Å². The van der Waals surface area contributed by atoms with E-state index in [-0.39, 0.29) is 0 Å². The second-order valence-corrected chi connectivity index (χ2v) is 1.69. The van der Waals surface area contributed by atoms with Gasteiger partial charge in [-0.15, -0.1) is 0 Å². The molecule has 0 fully saturated rings. The molecule has 0 N–H and O–H groups in total. The molecule has 42 valence electrons. The third kappa shape index (κ3) is 1.20. The highest BCUT2D eigenvalue weighted by molar-refractivity contribution is 9.11. The molecule has 0 aliphatic rings. The van der Waals surface area contributed by atoms with E-state index in [2.05, 4.69) is 20.9 Å². The molecule has 0 radical (unpaired) electrons. The van der Waals surface area contributed by atoms with E-state index in [1.807, 2.05) is 0 Å². The molecule has 0 atom stereocenters. The molecule has 1 rings (SSSR count). The Kier molecular flexibility index (Phi) is 1.86. The van der Waals surface area contributed by atoms with E-state index < -0.39 is 0 Å². The fourth-order valence-electron chi connectivity index (χ4n) is 0.371. The van der Waals surface area contributed by atoms with Gasteiger partial charge in [0.25, 0.3) is 0 Å². The van der Waals surface area contributed by atoms with Crippen LogP contribution >= 0.6 is 15.9 Å². The molecule has 1 aromatic heterocycles. The molecule has 3 heteroatoms. The van der Waals surface area contributed by atoms with Crippen molar-refractivity contribution >= 4 is 22.0 Å². The predicted molar refractivity (Wildman–Crippen MR) is 34.5 cm³/mol. The Morgan fingerprint density at radius 1 is 1.75 bits per heavy atom. The summed E-state index contributed by atoms with van der Waals surface area (Å²) in [7, 11) is 0. The average Bonchev–Trinajstić information content (AvgIpc) is 2.19. The molecule has 1 heterocycles. The van der Waals surface area contributed by atoms with Gasteiger partial charge in [-0.1, -0.05) is 15.9 Å². The van der Waals surface area contributed by atoms with E-state index >= 15 is 0 Å². The van der Waals surface area contributed by atoms with E-state index in [9.17, 15) is 0 Å². The Bertz CT molecular complexity index is 169. The summed E-state index contributed by atoms with van der Waals surface area (Å²) in [4.78, 5) is 5.52. The van der Waals surface area contributed by atoms with Crippen LogP contribution in [0.15, 0.2) is 21.9 Å². The molecule has 0 saturated heterocycles. The molecule has 0 aromatic carbocycles. The molecular formula is C5H4BrNO. The Balaban J connectivity index is 2.77. The molecule has 8 heavy (non-hydrogen) atoms. The lowest BCUT2D eigenvalue weighted by Crippen LogP contribution is -1.62. The Morgan fingerprint density at radius 2 is 2.62 bits per heavy atom. The first-order valence-corrected chi connectivity index (χ1v) is 3.01. The highest BCUT2D eigenvalue weighted by atomic mass is 79.9. The molecule has 0 unspecified atom stereocenters. The summed E-state index contributed by atoms with van der Waals surface area (Å²) in [5.41, 5.74) is 0. The maximum Gasteiger partial charge on any atom is 0.218 e. The van der Waals surface area contributed by atoms with Crippen LogP contribution in [0.4, 0.5) is 0 Å². The molecular weight excluding hydrogens is 170 g/mol. The van der Waals surface area contributed by atoms with Crippen molar-refractivity contribution < 1.29 is 4.42 Å².